The van der Waals surface area contributed by atoms with Gasteiger partial charge in [-0.25, -0.2) is 9.37 Å². The number of benzene rings is 2. The quantitative estimate of drug-likeness (QED) is 0.571. The molecule has 27 heavy (non-hydrogen) atoms. The molecule has 3 N–H and O–H groups in total. The lowest BCUT2D eigenvalue weighted by molar-refractivity contribution is 0.282. The average Bonchev–Trinajstić information content (AvgIpc) is 2.69. The van der Waals surface area contributed by atoms with Crippen LogP contribution in [0.1, 0.15) is 11.1 Å². The Kier molecular flexibility index (Phi) is 6.16. The van der Waals surface area contributed by atoms with Crippen LogP contribution in [-0.2, 0) is 13.0 Å². The summed E-state index contributed by atoms with van der Waals surface area (Å²) >= 11 is 12.1. The van der Waals surface area contributed by atoms with Crippen molar-refractivity contribution < 1.29 is 14.2 Å². The molecular weight excluding hydrogens is 390 g/mol. The highest BCUT2D eigenvalue weighted by molar-refractivity contribution is 6.36. The fourth-order valence-electron chi connectivity index (χ4n) is 2.59. The van der Waals surface area contributed by atoms with Crippen molar-refractivity contribution in [1.29, 1.82) is 0 Å². The van der Waals surface area contributed by atoms with Crippen molar-refractivity contribution in [2.24, 2.45) is 0 Å². The van der Waals surface area contributed by atoms with Crippen LogP contribution in [0.3, 0.4) is 0 Å². The van der Waals surface area contributed by atoms with Crippen molar-refractivity contribution in [3.8, 4) is 16.9 Å². The van der Waals surface area contributed by atoms with Crippen LogP contribution in [0.2, 0.25) is 10.0 Å². The third kappa shape index (κ3) is 4.50. The third-order valence-electron chi connectivity index (χ3n) is 4.10. The van der Waals surface area contributed by atoms with E-state index in [9.17, 15) is 4.39 Å². The molecule has 0 aliphatic rings. The number of anilines is 1. The van der Waals surface area contributed by atoms with E-state index >= 15 is 0 Å². The van der Waals surface area contributed by atoms with Gasteiger partial charge in [-0.1, -0.05) is 47.5 Å². The van der Waals surface area contributed by atoms with E-state index in [2.05, 4.69) is 4.98 Å². The van der Waals surface area contributed by atoms with Gasteiger partial charge in [-0.05, 0) is 34.9 Å². The summed E-state index contributed by atoms with van der Waals surface area (Å²) in [5, 5.41) is 9.51. The standard InChI is InChI=1S/C20H17Cl2FN2O2/c21-16-5-6-17(23)19(22)15(16)7-8-27-18-9-14(10-25-20(18)24)13-3-1-12(11-26)2-4-13/h1-6,9-10,26H,7-8,11H2,(H2,24,25). The summed E-state index contributed by atoms with van der Waals surface area (Å²) in [4.78, 5) is 4.16. The van der Waals surface area contributed by atoms with Gasteiger partial charge in [-0.15, -0.1) is 0 Å². The Morgan fingerprint density at radius 2 is 1.81 bits per heavy atom. The first-order valence-electron chi connectivity index (χ1n) is 8.20. The molecule has 0 radical (unpaired) electrons. The molecule has 3 aromatic rings. The average molecular weight is 407 g/mol. The molecule has 0 aliphatic carbocycles. The summed E-state index contributed by atoms with van der Waals surface area (Å²) < 4.78 is 19.3. The summed E-state index contributed by atoms with van der Waals surface area (Å²) in [5.74, 6) is 0.148. The molecule has 0 bridgehead atoms. The van der Waals surface area contributed by atoms with E-state index in [1.807, 2.05) is 24.3 Å². The number of halogens is 3. The zero-order chi connectivity index (χ0) is 19.4. The highest BCUT2D eigenvalue weighted by Gasteiger charge is 2.12. The summed E-state index contributed by atoms with van der Waals surface area (Å²) in [6.07, 6.45) is 1.97. The van der Waals surface area contributed by atoms with Gasteiger partial charge in [0.05, 0.1) is 18.2 Å². The molecule has 0 amide bonds. The normalized spacial score (nSPS) is 10.8. The molecule has 7 heteroatoms. The minimum absolute atomic E-state index is 0.00470. The SMILES string of the molecule is Nc1ncc(-c2ccc(CO)cc2)cc1OCCc1c(Cl)ccc(F)c1Cl. The summed E-state index contributed by atoms with van der Waals surface area (Å²) in [6, 6.07) is 11.9. The van der Waals surface area contributed by atoms with Crippen LogP contribution in [0.15, 0.2) is 48.7 Å². The smallest absolute Gasteiger partial charge is 0.166 e. The number of nitrogens with zero attached hydrogens (tertiary/aromatic N) is 1. The maximum absolute atomic E-state index is 13.6. The minimum Gasteiger partial charge on any atom is -0.489 e. The van der Waals surface area contributed by atoms with Crippen molar-refractivity contribution in [3.63, 3.8) is 0 Å². The van der Waals surface area contributed by atoms with Crippen LogP contribution < -0.4 is 10.5 Å². The van der Waals surface area contributed by atoms with Crippen molar-refractivity contribution in [1.82, 2.24) is 4.98 Å². The lowest BCUT2D eigenvalue weighted by Gasteiger charge is -2.12. The number of ether oxygens (including phenoxy) is 1. The van der Waals surface area contributed by atoms with Crippen molar-refractivity contribution in [2.45, 2.75) is 13.0 Å². The summed E-state index contributed by atoms with van der Waals surface area (Å²) in [5.41, 5.74) is 8.95. The fraction of sp³-hybridized carbons (Fsp3) is 0.150. The van der Waals surface area contributed by atoms with Crippen molar-refractivity contribution in [3.05, 3.63) is 75.7 Å². The predicted molar refractivity (Wildman–Crippen MR) is 106 cm³/mol. The number of pyridine rings is 1. The Morgan fingerprint density at radius 1 is 1.07 bits per heavy atom. The van der Waals surface area contributed by atoms with E-state index in [1.165, 1.54) is 12.1 Å². The van der Waals surface area contributed by atoms with Gasteiger partial charge in [0, 0.05) is 23.2 Å². The highest BCUT2D eigenvalue weighted by Crippen LogP contribution is 2.30. The lowest BCUT2D eigenvalue weighted by Crippen LogP contribution is -2.06. The van der Waals surface area contributed by atoms with E-state index in [0.29, 0.717) is 22.8 Å². The molecule has 0 atom stereocenters. The first kappa shape index (κ1) is 19.4. The fourth-order valence-corrected chi connectivity index (χ4v) is 3.15. The van der Waals surface area contributed by atoms with Gasteiger partial charge in [-0.2, -0.15) is 0 Å². The largest absolute Gasteiger partial charge is 0.489 e. The molecular formula is C20H17Cl2FN2O2. The third-order valence-corrected chi connectivity index (χ3v) is 4.86. The summed E-state index contributed by atoms with van der Waals surface area (Å²) in [6.45, 7) is 0.196. The summed E-state index contributed by atoms with van der Waals surface area (Å²) in [7, 11) is 0. The molecule has 3 rings (SSSR count). The van der Waals surface area contributed by atoms with E-state index in [-0.39, 0.29) is 24.1 Å². The van der Waals surface area contributed by atoms with Crippen molar-refractivity contribution >= 4 is 29.0 Å². The van der Waals surface area contributed by atoms with Gasteiger partial charge < -0.3 is 15.6 Å². The number of nitrogen functional groups attached to an aromatic ring is 1. The molecule has 1 heterocycles. The molecule has 4 nitrogen and oxygen atoms in total. The lowest BCUT2D eigenvalue weighted by atomic mass is 10.1. The van der Waals surface area contributed by atoms with E-state index in [4.69, 9.17) is 38.8 Å². The van der Waals surface area contributed by atoms with Gasteiger partial charge in [-0.3, -0.25) is 0 Å². The van der Waals surface area contributed by atoms with Gasteiger partial charge >= 0.3 is 0 Å². The van der Waals surface area contributed by atoms with Gasteiger partial charge in [0.15, 0.2) is 11.6 Å². The first-order valence-corrected chi connectivity index (χ1v) is 8.96. The molecule has 0 spiro atoms. The molecule has 0 saturated heterocycles. The number of aliphatic hydroxyl groups is 1. The topological polar surface area (TPSA) is 68.4 Å². The second-order valence-corrected chi connectivity index (χ2v) is 6.67. The number of hydrogen-bond acceptors (Lipinski definition) is 4. The Morgan fingerprint density at radius 3 is 2.52 bits per heavy atom. The van der Waals surface area contributed by atoms with Crippen molar-refractivity contribution in [2.75, 3.05) is 12.3 Å². The van der Waals surface area contributed by atoms with E-state index in [1.54, 1.807) is 12.3 Å². The second kappa shape index (κ2) is 8.57. The minimum atomic E-state index is -0.523. The van der Waals surface area contributed by atoms with Gasteiger partial charge in [0.25, 0.3) is 0 Å². The highest BCUT2D eigenvalue weighted by atomic mass is 35.5. The van der Waals surface area contributed by atoms with Crippen LogP contribution >= 0.6 is 23.2 Å². The zero-order valence-electron chi connectivity index (χ0n) is 14.3. The molecule has 0 unspecified atom stereocenters. The molecule has 0 saturated carbocycles. The predicted octanol–water partition coefficient (Wildman–Crippen LogP) is 4.89. The second-order valence-electron chi connectivity index (χ2n) is 5.88. The molecule has 0 fully saturated rings. The van der Waals surface area contributed by atoms with E-state index < -0.39 is 5.82 Å². The Hall–Kier alpha value is -2.34. The molecule has 1 aromatic heterocycles. The van der Waals surface area contributed by atoms with Gasteiger partial charge in [0.1, 0.15) is 5.82 Å². The number of aromatic nitrogens is 1. The number of aliphatic hydroxyl groups excluding tert-OH is 1. The first-order chi connectivity index (χ1) is 13.0. The van der Waals surface area contributed by atoms with Crippen LogP contribution in [0, 0.1) is 5.82 Å². The maximum atomic E-state index is 13.6. The Labute approximate surface area is 166 Å². The Balaban J connectivity index is 1.74. The van der Waals surface area contributed by atoms with Crippen LogP contribution in [-0.4, -0.2) is 16.7 Å². The Bertz CT molecular complexity index is 949. The molecule has 0 aliphatic heterocycles. The number of nitrogens with two attached hydrogens (primary N) is 1. The molecule has 140 valence electrons. The molecule has 2 aromatic carbocycles. The van der Waals surface area contributed by atoms with E-state index in [0.717, 1.165) is 16.7 Å². The number of hydrogen-bond donors (Lipinski definition) is 2. The zero-order valence-corrected chi connectivity index (χ0v) is 15.8. The maximum Gasteiger partial charge on any atom is 0.166 e. The van der Waals surface area contributed by atoms with Crippen LogP contribution in [0.25, 0.3) is 11.1 Å². The number of rotatable bonds is 6. The van der Waals surface area contributed by atoms with Gasteiger partial charge in [0.2, 0.25) is 0 Å². The van der Waals surface area contributed by atoms with Crippen LogP contribution in [0.4, 0.5) is 10.2 Å². The monoisotopic (exact) mass is 406 g/mol. The van der Waals surface area contributed by atoms with Crippen LogP contribution in [0.5, 0.6) is 5.75 Å².